The molecule has 5 heteroatoms. The summed E-state index contributed by atoms with van der Waals surface area (Å²) in [4.78, 5) is 15.3. The van der Waals surface area contributed by atoms with Crippen LogP contribution in [0.15, 0.2) is 24.4 Å². The molecule has 0 spiro atoms. The number of carbonyl (C=O) groups is 1. The van der Waals surface area contributed by atoms with Gasteiger partial charge in [0.25, 0.3) is 5.92 Å². The largest absolute Gasteiger partial charge is 0.355 e. The Kier molecular flexibility index (Phi) is 2.85. The molecule has 0 aromatic carbocycles. The van der Waals surface area contributed by atoms with E-state index in [0.29, 0.717) is 5.69 Å². The number of amides is 1. The summed E-state index contributed by atoms with van der Waals surface area (Å²) in [7, 11) is 0. The predicted octanol–water partition coefficient (Wildman–Crippen LogP) is 1.40. The van der Waals surface area contributed by atoms with Gasteiger partial charge in [-0.25, -0.2) is 8.78 Å². The van der Waals surface area contributed by atoms with E-state index in [1.807, 2.05) is 0 Å². The topological polar surface area (TPSA) is 42.0 Å². The molecule has 0 aliphatic heterocycles. The third-order valence-electron chi connectivity index (χ3n) is 2.57. The summed E-state index contributed by atoms with van der Waals surface area (Å²) in [5.74, 6) is -3.51. The fourth-order valence-corrected chi connectivity index (χ4v) is 1.46. The van der Waals surface area contributed by atoms with Gasteiger partial charge in [0.15, 0.2) is 0 Å². The van der Waals surface area contributed by atoms with E-state index in [9.17, 15) is 13.6 Å². The van der Waals surface area contributed by atoms with Crippen LogP contribution in [0.5, 0.6) is 0 Å². The average Bonchev–Trinajstić information content (AvgIpc) is 2.85. The number of nitrogens with zero attached hydrogens (tertiary/aromatic N) is 1. The molecule has 1 atom stereocenters. The Morgan fingerprint density at radius 3 is 2.88 bits per heavy atom. The highest BCUT2D eigenvalue weighted by Crippen LogP contribution is 2.47. The first kappa shape index (κ1) is 11.0. The molecular weight excluding hydrogens is 214 g/mol. The zero-order valence-electron chi connectivity index (χ0n) is 8.62. The van der Waals surface area contributed by atoms with Gasteiger partial charge in [-0.15, -0.1) is 0 Å². The highest BCUT2D eigenvalue weighted by Gasteiger charge is 2.56. The lowest BCUT2D eigenvalue weighted by molar-refractivity contribution is -0.120. The van der Waals surface area contributed by atoms with Gasteiger partial charge in [-0.05, 0) is 12.1 Å². The number of aromatic nitrogens is 1. The number of pyridine rings is 1. The molecule has 1 aliphatic rings. The van der Waals surface area contributed by atoms with Crippen LogP contribution >= 0.6 is 0 Å². The van der Waals surface area contributed by atoms with E-state index in [2.05, 4.69) is 10.3 Å². The molecule has 2 rings (SSSR count). The van der Waals surface area contributed by atoms with Gasteiger partial charge in [0.05, 0.1) is 6.42 Å². The zero-order valence-corrected chi connectivity index (χ0v) is 8.62. The number of hydrogen-bond acceptors (Lipinski definition) is 2. The molecule has 1 aromatic rings. The van der Waals surface area contributed by atoms with Crippen molar-refractivity contribution in [1.29, 1.82) is 0 Å². The molecule has 1 aliphatic carbocycles. The molecule has 1 amide bonds. The number of carbonyl (C=O) groups excluding carboxylic acids is 1. The smallest absolute Gasteiger partial charge is 0.253 e. The minimum Gasteiger partial charge on any atom is -0.355 e. The molecule has 16 heavy (non-hydrogen) atoms. The van der Waals surface area contributed by atoms with Gasteiger partial charge < -0.3 is 5.32 Å². The van der Waals surface area contributed by atoms with Crippen molar-refractivity contribution in [2.24, 2.45) is 5.92 Å². The Hall–Kier alpha value is -1.52. The molecule has 3 nitrogen and oxygen atoms in total. The summed E-state index contributed by atoms with van der Waals surface area (Å²) >= 11 is 0. The minimum absolute atomic E-state index is 0.0542. The second kappa shape index (κ2) is 4.15. The van der Waals surface area contributed by atoms with Gasteiger partial charge >= 0.3 is 0 Å². The normalized spacial score (nSPS) is 21.5. The van der Waals surface area contributed by atoms with Crippen molar-refractivity contribution in [2.75, 3.05) is 6.54 Å². The lowest BCUT2D eigenvalue weighted by Crippen LogP contribution is -2.28. The summed E-state index contributed by atoms with van der Waals surface area (Å²) in [6, 6.07) is 5.27. The van der Waals surface area contributed by atoms with Crippen LogP contribution in [0.1, 0.15) is 12.1 Å². The second-order valence-corrected chi connectivity index (χ2v) is 3.96. The van der Waals surface area contributed by atoms with Crippen LogP contribution in [0.3, 0.4) is 0 Å². The molecule has 1 saturated carbocycles. The van der Waals surface area contributed by atoms with Crippen LogP contribution in [0, 0.1) is 5.92 Å². The van der Waals surface area contributed by atoms with E-state index in [-0.39, 0.29) is 25.3 Å². The molecule has 0 bridgehead atoms. The summed E-state index contributed by atoms with van der Waals surface area (Å²) < 4.78 is 25.0. The SMILES string of the molecule is O=C(Cc1ccccn1)NCC1CC1(F)F. The Morgan fingerprint density at radius 2 is 2.31 bits per heavy atom. The van der Waals surface area contributed by atoms with Crippen molar-refractivity contribution in [3.63, 3.8) is 0 Å². The highest BCUT2D eigenvalue weighted by molar-refractivity contribution is 5.78. The van der Waals surface area contributed by atoms with E-state index in [0.717, 1.165) is 0 Å². The van der Waals surface area contributed by atoms with Crippen LogP contribution in [-0.2, 0) is 11.2 Å². The van der Waals surface area contributed by atoms with E-state index in [4.69, 9.17) is 0 Å². The maximum atomic E-state index is 12.5. The summed E-state index contributed by atoms with van der Waals surface area (Å²) in [6.45, 7) is 0.0542. The van der Waals surface area contributed by atoms with Gasteiger partial charge in [0.1, 0.15) is 0 Å². The fraction of sp³-hybridized carbons (Fsp3) is 0.455. The number of alkyl halides is 2. The highest BCUT2D eigenvalue weighted by atomic mass is 19.3. The van der Waals surface area contributed by atoms with E-state index < -0.39 is 11.8 Å². The molecule has 0 radical (unpaired) electrons. The van der Waals surface area contributed by atoms with E-state index in [1.54, 1.807) is 24.4 Å². The minimum atomic E-state index is -2.57. The van der Waals surface area contributed by atoms with Crippen molar-refractivity contribution in [1.82, 2.24) is 10.3 Å². The van der Waals surface area contributed by atoms with Gasteiger partial charge in [-0.1, -0.05) is 6.07 Å². The molecule has 0 saturated heterocycles. The first-order valence-electron chi connectivity index (χ1n) is 5.12. The molecule has 1 unspecified atom stereocenters. The maximum Gasteiger partial charge on any atom is 0.253 e. The van der Waals surface area contributed by atoms with Crippen LogP contribution in [0.25, 0.3) is 0 Å². The maximum absolute atomic E-state index is 12.5. The van der Waals surface area contributed by atoms with E-state index >= 15 is 0 Å². The number of nitrogens with one attached hydrogen (secondary N) is 1. The van der Waals surface area contributed by atoms with Crippen molar-refractivity contribution in [3.05, 3.63) is 30.1 Å². The van der Waals surface area contributed by atoms with Crippen LogP contribution < -0.4 is 5.32 Å². The third-order valence-corrected chi connectivity index (χ3v) is 2.57. The van der Waals surface area contributed by atoms with Gasteiger partial charge in [-0.2, -0.15) is 0 Å². The van der Waals surface area contributed by atoms with Crippen LogP contribution in [-0.4, -0.2) is 23.4 Å². The Bertz CT molecular complexity index is 381. The standard InChI is InChI=1S/C11H12F2N2O/c12-11(13)6-8(11)7-15-10(16)5-9-3-1-2-4-14-9/h1-4,8H,5-7H2,(H,15,16). The quantitative estimate of drug-likeness (QED) is 0.843. The van der Waals surface area contributed by atoms with Crippen molar-refractivity contribution in [3.8, 4) is 0 Å². The second-order valence-electron chi connectivity index (χ2n) is 3.96. The summed E-state index contributed by atoms with van der Waals surface area (Å²) in [5, 5.41) is 2.49. The number of halogens is 2. The lowest BCUT2D eigenvalue weighted by Gasteiger charge is -2.03. The Morgan fingerprint density at radius 1 is 1.56 bits per heavy atom. The van der Waals surface area contributed by atoms with Crippen molar-refractivity contribution >= 4 is 5.91 Å². The summed E-state index contributed by atoms with van der Waals surface area (Å²) in [6.07, 6.45) is 1.62. The number of rotatable bonds is 4. The molecular formula is C11H12F2N2O. The van der Waals surface area contributed by atoms with Gasteiger partial charge in [0, 0.05) is 30.8 Å². The van der Waals surface area contributed by atoms with Crippen molar-refractivity contribution in [2.45, 2.75) is 18.8 Å². The monoisotopic (exact) mass is 226 g/mol. The fourth-order valence-electron chi connectivity index (χ4n) is 1.46. The zero-order chi connectivity index (χ0) is 11.6. The van der Waals surface area contributed by atoms with Crippen molar-refractivity contribution < 1.29 is 13.6 Å². The van der Waals surface area contributed by atoms with Gasteiger partial charge in [0.2, 0.25) is 5.91 Å². The van der Waals surface area contributed by atoms with Gasteiger partial charge in [-0.3, -0.25) is 9.78 Å². The Labute approximate surface area is 91.9 Å². The number of hydrogen-bond donors (Lipinski definition) is 1. The molecule has 1 fully saturated rings. The van der Waals surface area contributed by atoms with Crippen LogP contribution in [0.2, 0.25) is 0 Å². The molecule has 1 aromatic heterocycles. The molecule has 1 heterocycles. The lowest BCUT2D eigenvalue weighted by atomic mass is 10.2. The van der Waals surface area contributed by atoms with Crippen LogP contribution in [0.4, 0.5) is 8.78 Å². The first-order valence-corrected chi connectivity index (χ1v) is 5.12. The summed E-state index contributed by atoms with van der Waals surface area (Å²) in [5.41, 5.74) is 0.641. The van der Waals surface area contributed by atoms with E-state index in [1.165, 1.54) is 0 Å². The third kappa shape index (κ3) is 2.74. The first-order chi connectivity index (χ1) is 7.58. The molecule has 1 N–H and O–H groups in total. The predicted molar refractivity (Wildman–Crippen MR) is 54.0 cm³/mol. The molecule has 86 valence electrons. The Balaban J connectivity index is 1.73. The average molecular weight is 226 g/mol.